The first-order valence-corrected chi connectivity index (χ1v) is 9.79. The van der Waals surface area contributed by atoms with Gasteiger partial charge in [-0.3, -0.25) is 0 Å². The number of carbonyl (C=O) groups is 2. The SMILES string of the molecule is CO[C@@H]1S[C@H](COC(=O)c2ccccc2)[C@@H](OC(=O)c2ccccc2)[C@@H]1N=[N+]=[N-]. The summed E-state index contributed by atoms with van der Waals surface area (Å²) in [5.41, 5.74) is 9.19. The van der Waals surface area contributed by atoms with Gasteiger partial charge in [0.2, 0.25) is 0 Å². The highest BCUT2D eigenvalue weighted by Crippen LogP contribution is 2.39. The number of benzene rings is 2. The molecule has 29 heavy (non-hydrogen) atoms. The van der Waals surface area contributed by atoms with Crippen molar-refractivity contribution in [3.63, 3.8) is 0 Å². The molecule has 0 saturated carbocycles. The van der Waals surface area contributed by atoms with E-state index in [4.69, 9.17) is 19.7 Å². The van der Waals surface area contributed by atoms with Gasteiger partial charge in [0.25, 0.3) is 0 Å². The number of hydrogen-bond donors (Lipinski definition) is 0. The maximum Gasteiger partial charge on any atom is 0.338 e. The number of methoxy groups -OCH3 is 1. The van der Waals surface area contributed by atoms with E-state index in [9.17, 15) is 9.59 Å². The molecule has 1 heterocycles. The lowest BCUT2D eigenvalue weighted by Gasteiger charge is -2.22. The molecule has 9 heteroatoms. The summed E-state index contributed by atoms with van der Waals surface area (Å²) in [6, 6.07) is 16.3. The summed E-state index contributed by atoms with van der Waals surface area (Å²) in [6.07, 6.45) is -0.808. The predicted molar refractivity (Wildman–Crippen MR) is 107 cm³/mol. The molecule has 4 atom stereocenters. The fraction of sp³-hybridized carbons (Fsp3) is 0.300. The van der Waals surface area contributed by atoms with E-state index >= 15 is 0 Å². The van der Waals surface area contributed by atoms with Crippen molar-refractivity contribution in [2.75, 3.05) is 13.7 Å². The highest BCUT2D eigenvalue weighted by Gasteiger charge is 2.47. The Hall–Kier alpha value is -3.00. The van der Waals surface area contributed by atoms with Crippen LogP contribution in [0.3, 0.4) is 0 Å². The Morgan fingerprint density at radius 2 is 1.62 bits per heavy atom. The van der Waals surface area contributed by atoms with E-state index in [0.29, 0.717) is 11.1 Å². The van der Waals surface area contributed by atoms with Gasteiger partial charge in [-0.05, 0) is 29.8 Å². The Labute approximate surface area is 171 Å². The monoisotopic (exact) mass is 413 g/mol. The van der Waals surface area contributed by atoms with Crippen LogP contribution in [0.4, 0.5) is 0 Å². The van der Waals surface area contributed by atoms with Crippen molar-refractivity contribution >= 4 is 23.7 Å². The third-order valence-electron chi connectivity index (χ3n) is 4.35. The summed E-state index contributed by atoms with van der Waals surface area (Å²) < 4.78 is 16.4. The molecule has 0 unspecified atom stereocenters. The van der Waals surface area contributed by atoms with Gasteiger partial charge >= 0.3 is 11.9 Å². The zero-order valence-electron chi connectivity index (χ0n) is 15.6. The Kier molecular flexibility index (Phi) is 7.13. The van der Waals surface area contributed by atoms with Crippen molar-refractivity contribution in [3.8, 4) is 0 Å². The first-order chi connectivity index (χ1) is 14.1. The van der Waals surface area contributed by atoms with Crippen LogP contribution in [0.1, 0.15) is 20.7 Å². The normalized spacial score (nSPS) is 23.1. The molecule has 3 rings (SSSR count). The standard InChI is InChI=1S/C20H19N3O5S/c1-26-20-16(22-23-21)17(28-19(25)14-10-6-3-7-11-14)15(29-20)12-27-18(24)13-8-4-2-5-9-13/h2-11,15-17,20H,12H2,1H3/t15-,16+,17-,20-/m1/s1. The summed E-state index contributed by atoms with van der Waals surface area (Å²) in [7, 11) is 1.48. The van der Waals surface area contributed by atoms with Crippen molar-refractivity contribution in [3.05, 3.63) is 82.2 Å². The zero-order valence-corrected chi connectivity index (χ0v) is 16.4. The van der Waals surface area contributed by atoms with E-state index in [1.807, 2.05) is 0 Å². The maximum absolute atomic E-state index is 12.5. The molecule has 0 bridgehead atoms. The van der Waals surface area contributed by atoms with Gasteiger partial charge in [-0.1, -0.05) is 41.5 Å². The first kappa shape index (κ1) is 20.7. The Bertz CT molecular complexity index is 890. The smallest absolute Gasteiger partial charge is 0.338 e. The molecule has 2 aromatic rings. The molecule has 1 aliphatic rings. The van der Waals surface area contributed by atoms with Gasteiger partial charge in [0.1, 0.15) is 24.2 Å². The summed E-state index contributed by atoms with van der Waals surface area (Å²) in [5, 5.41) is 3.31. The molecule has 8 nitrogen and oxygen atoms in total. The van der Waals surface area contributed by atoms with Crippen molar-refractivity contribution in [1.29, 1.82) is 0 Å². The van der Waals surface area contributed by atoms with E-state index < -0.39 is 34.8 Å². The van der Waals surface area contributed by atoms with Gasteiger partial charge in [-0.15, -0.1) is 11.8 Å². The first-order valence-electron chi connectivity index (χ1n) is 8.84. The minimum atomic E-state index is -0.808. The Balaban J connectivity index is 1.74. The molecule has 0 amide bonds. The molecule has 0 aliphatic carbocycles. The van der Waals surface area contributed by atoms with Gasteiger partial charge in [0.15, 0.2) is 0 Å². The van der Waals surface area contributed by atoms with E-state index in [2.05, 4.69) is 10.0 Å². The number of rotatable bonds is 7. The molecule has 2 aromatic carbocycles. The molecular weight excluding hydrogens is 394 g/mol. The van der Waals surface area contributed by atoms with Crippen LogP contribution in [0, 0.1) is 0 Å². The highest BCUT2D eigenvalue weighted by molar-refractivity contribution is 8.00. The lowest BCUT2D eigenvalue weighted by Crippen LogP contribution is -2.38. The number of hydrogen-bond acceptors (Lipinski definition) is 7. The number of ether oxygens (including phenoxy) is 3. The topological polar surface area (TPSA) is 111 Å². The quantitative estimate of drug-likeness (QED) is 0.295. The lowest BCUT2D eigenvalue weighted by molar-refractivity contribution is 0.00918. The molecular formula is C20H19N3O5S. The lowest BCUT2D eigenvalue weighted by atomic mass is 10.1. The van der Waals surface area contributed by atoms with Crippen molar-refractivity contribution in [2.45, 2.75) is 22.8 Å². The largest absolute Gasteiger partial charge is 0.461 e. The fourth-order valence-electron chi connectivity index (χ4n) is 2.94. The predicted octanol–water partition coefficient (Wildman–Crippen LogP) is 3.84. The van der Waals surface area contributed by atoms with E-state index in [1.165, 1.54) is 18.9 Å². The van der Waals surface area contributed by atoms with Crippen LogP contribution in [0.25, 0.3) is 10.4 Å². The molecule has 1 saturated heterocycles. The summed E-state index contributed by atoms with van der Waals surface area (Å²) >= 11 is 1.30. The zero-order chi connectivity index (χ0) is 20.6. The minimum Gasteiger partial charge on any atom is -0.461 e. The molecule has 0 N–H and O–H groups in total. The van der Waals surface area contributed by atoms with Crippen LogP contribution in [-0.2, 0) is 14.2 Å². The maximum atomic E-state index is 12.5. The third-order valence-corrected chi connectivity index (χ3v) is 5.84. The fourth-order valence-corrected chi connectivity index (χ4v) is 4.28. The van der Waals surface area contributed by atoms with Crippen molar-refractivity contribution in [2.24, 2.45) is 5.11 Å². The van der Waals surface area contributed by atoms with Gasteiger partial charge in [0.05, 0.1) is 16.4 Å². The molecule has 150 valence electrons. The molecule has 0 radical (unpaired) electrons. The Morgan fingerprint density at radius 3 is 2.17 bits per heavy atom. The van der Waals surface area contributed by atoms with Crippen LogP contribution in [-0.4, -0.2) is 48.5 Å². The molecule has 1 aliphatic heterocycles. The average Bonchev–Trinajstić information content (AvgIpc) is 3.09. The second-order valence-corrected chi connectivity index (χ2v) is 7.52. The summed E-state index contributed by atoms with van der Waals surface area (Å²) in [4.78, 5) is 27.6. The van der Waals surface area contributed by atoms with E-state index in [-0.39, 0.29) is 6.61 Å². The third kappa shape index (κ3) is 5.08. The molecule has 1 fully saturated rings. The highest BCUT2D eigenvalue weighted by atomic mass is 32.2. The van der Waals surface area contributed by atoms with Gasteiger partial charge < -0.3 is 14.2 Å². The van der Waals surface area contributed by atoms with Crippen LogP contribution in [0.15, 0.2) is 65.8 Å². The van der Waals surface area contributed by atoms with Crippen LogP contribution >= 0.6 is 11.8 Å². The van der Waals surface area contributed by atoms with Crippen LogP contribution < -0.4 is 0 Å². The van der Waals surface area contributed by atoms with E-state index in [0.717, 1.165) is 0 Å². The minimum absolute atomic E-state index is 0.0254. The van der Waals surface area contributed by atoms with Crippen LogP contribution in [0.5, 0.6) is 0 Å². The number of azide groups is 1. The average molecular weight is 413 g/mol. The number of carbonyl (C=O) groups excluding carboxylic acids is 2. The number of nitrogens with zero attached hydrogens (tertiary/aromatic N) is 3. The van der Waals surface area contributed by atoms with Gasteiger partial charge in [0, 0.05) is 12.0 Å². The molecule has 0 spiro atoms. The van der Waals surface area contributed by atoms with Crippen LogP contribution in [0.2, 0.25) is 0 Å². The number of thioether (sulfide) groups is 1. The number of esters is 2. The van der Waals surface area contributed by atoms with Gasteiger partial charge in [-0.2, -0.15) is 0 Å². The second-order valence-electron chi connectivity index (χ2n) is 6.17. The van der Waals surface area contributed by atoms with Gasteiger partial charge in [-0.25, -0.2) is 9.59 Å². The second kappa shape index (κ2) is 9.97. The molecule has 0 aromatic heterocycles. The van der Waals surface area contributed by atoms with Crippen molar-refractivity contribution in [1.82, 2.24) is 0 Å². The Morgan fingerprint density at radius 1 is 1.03 bits per heavy atom. The summed E-state index contributed by atoms with van der Waals surface area (Å²) in [5.74, 6) is -1.04. The van der Waals surface area contributed by atoms with Crippen molar-refractivity contribution < 1.29 is 23.8 Å². The summed E-state index contributed by atoms with van der Waals surface area (Å²) in [6.45, 7) is -0.0254. The van der Waals surface area contributed by atoms with E-state index in [1.54, 1.807) is 60.7 Å².